The van der Waals surface area contributed by atoms with Crippen LogP contribution in [0.2, 0.25) is 0 Å². The third-order valence-electron chi connectivity index (χ3n) is 3.86. The van der Waals surface area contributed by atoms with Gasteiger partial charge >= 0.3 is 0 Å². The van der Waals surface area contributed by atoms with Crippen LogP contribution in [0.1, 0.15) is 34.1 Å². The number of nitro groups is 1. The first-order valence-electron chi connectivity index (χ1n) is 7.41. The number of carbonyl (C=O) groups excluding carboxylic acids is 2. The maximum atomic E-state index is 12.7. The quantitative estimate of drug-likeness (QED) is 0.509. The largest absolute Gasteiger partial charge is 0.330 e. The second kappa shape index (κ2) is 5.99. The fourth-order valence-electron chi connectivity index (χ4n) is 2.74. The summed E-state index contributed by atoms with van der Waals surface area (Å²) in [7, 11) is 0. The fraction of sp³-hybridized carbons (Fsp3) is 0.250. The average Bonchev–Trinajstić information content (AvgIpc) is 2.56. The first-order valence-corrected chi connectivity index (χ1v) is 7.41. The number of nitro benzene ring substituents is 1. The summed E-state index contributed by atoms with van der Waals surface area (Å²) in [6, 6.07) is 7.32. The van der Waals surface area contributed by atoms with Crippen molar-refractivity contribution in [2.24, 2.45) is 5.73 Å². The van der Waals surface area contributed by atoms with Crippen LogP contribution in [-0.4, -0.2) is 34.4 Å². The summed E-state index contributed by atoms with van der Waals surface area (Å²) in [4.78, 5) is 41.2. The van der Waals surface area contributed by atoms with E-state index in [9.17, 15) is 19.7 Å². The van der Waals surface area contributed by atoms with E-state index in [0.29, 0.717) is 28.8 Å². The van der Waals surface area contributed by atoms with E-state index in [1.807, 2.05) is 0 Å². The molecule has 0 aliphatic carbocycles. The number of hydrogen-bond donors (Lipinski definition) is 1. The lowest BCUT2D eigenvalue weighted by Gasteiger charge is -2.28. The van der Waals surface area contributed by atoms with Crippen molar-refractivity contribution in [3.05, 3.63) is 51.6 Å². The van der Waals surface area contributed by atoms with Crippen LogP contribution in [-0.2, 0) is 4.84 Å². The van der Waals surface area contributed by atoms with Gasteiger partial charge in [0.2, 0.25) is 0 Å². The van der Waals surface area contributed by atoms with Crippen LogP contribution in [0.4, 0.5) is 5.69 Å². The highest BCUT2D eigenvalue weighted by atomic mass is 16.7. The van der Waals surface area contributed by atoms with Crippen LogP contribution >= 0.6 is 0 Å². The number of nitrogens with zero attached hydrogens (tertiary/aromatic N) is 2. The number of rotatable bonds is 5. The highest BCUT2D eigenvalue weighted by Crippen LogP contribution is 2.33. The van der Waals surface area contributed by atoms with Crippen molar-refractivity contribution in [1.82, 2.24) is 5.06 Å². The predicted octanol–water partition coefficient (Wildman–Crippen LogP) is 2.01. The van der Waals surface area contributed by atoms with Crippen molar-refractivity contribution in [3.63, 3.8) is 0 Å². The van der Waals surface area contributed by atoms with Gasteiger partial charge in [-0.15, -0.1) is 5.06 Å². The lowest BCUT2D eigenvalue weighted by Crippen LogP contribution is -2.42. The van der Waals surface area contributed by atoms with Gasteiger partial charge in [-0.05, 0) is 31.3 Å². The molecule has 1 aliphatic heterocycles. The van der Waals surface area contributed by atoms with Gasteiger partial charge in [0.15, 0.2) is 0 Å². The minimum atomic E-state index is -0.712. The second-order valence-corrected chi connectivity index (χ2v) is 5.55. The molecule has 24 heavy (non-hydrogen) atoms. The second-order valence-electron chi connectivity index (χ2n) is 5.55. The van der Waals surface area contributed by atoms with E-state index in [4.69, 9.17) is 10.6 Å². The smallest absolute Gasteiger partial charge is 0.285 e. The zero-order chi connectivity index (χ0) is 17.4. The van der Waals surface area contributed by atoms with Crippen molar-refractivity contribution >= 4 is 28.3 Å². The molecule has 0 spiro atoms. The summed E-state index contributed by atoms with van der Waals surface area (Å²) in [6.07, 6.45) is 0.0191. The topological polar surface area (TPSA) is 116 Å². The van der Waals surface area contributed by atoms with Gasteiger partial charge in [0.05, 0.1) is 22.2 Å². The molecular formula is C16H15N3O5. The molecule has 8 heteroatoms. The van der Waals surface area contributed by atoms with Gasteiger partial charge in [-0.1, -0.05) is 12.1 Å². The molecule has 1 aliphatic rings. The number of nitrogens with two attached hydrogens (primary N) is 1. The Labute approximate surface area is 136 Å². The number of benzene rings is 2. The molecule has 8 nitrogen and oxygen atoms in total. The van der Waals surface area contributed by atoms with Gasteiger partial charge in [-0.2, -0.15) is 0 Å². The monoisotopic (exact) mass is 329 g/mol. The molecule has 0 bridgehead atoms. The normalized spacial score (nSPS) is 15.0. The van der Waals surface area contributed by atoms with Gasteiger partial charge in [0.25, 0.3) is 17.5 Å². The van der Waals surface area contributed by atoms with Gasteiger partial charge < -0.3 is 5.73 Å². The summed E-state index contributed by atoms with van der Waals surface area (Å²) >= 11 is 0. The van der Waals surface area contributed by atoms with Gasteiger partial charge in [0, 0.05) is 17.5 Å². The predicted molar refractivity (Wildman–Crippen MR) is 85.3 cm³/mol. The molecular weight excluding hydrogens is 314 g/mol. The fourth-order valence-corrected chi connectivity index (χ4v) is 2.74. The molecule has 2 aromatic carbocycles. The third-order valence-corrected chi connectivity index (χ3v) is 3.86. The zero-order valence-electron chi connectivity index (χ0n) is 12.9. The van der Waals surface area contributed by atoms with Crippen molar-refractivity contribution in [2.45, 2.75) is 19.4 Å². The number of imide groups is 1. The van der Waals surface area contributed by atoms with E-state index in [0.717, 1.165) is 0 Å². The van der Waals surface area contributed by atoms with Crippen LogP contribution < -0.4 is 5.73 Å². The number of carbonyl (C=O) groups is 2. The van der Waals surface area contributed by atoms with Crippen molar-refractivity contribution in [1.29, 1.82) is 0 Å². The summed E-state index contributed by atoms with van der Waals surface area (Å²) in [5, 5.41) is 12.6. The Morgan fingerprint density at radius 1 is 1.25 bits per heavy atom. The number of amides is 2. The Morgan fingerprint density at radius 2 is 1.96 bits per heavy atom. The molecule has 2 amide bonds. The SMILES string of the molecule is CC(CCN)ON1C(=O)c2cccc3cc([N+](=O)[O-])cc(c23)C1=O. The molecule has 1 atom stereocenters. The van der Waals surface area contributed by atoms with E-state index in [1.54, 1.807) is 25.1 Å². The lowest BCUT2D eigenvalue weighted by atomic mass is 9.94. The molecule has 2 N–H and O–H groups in total. The maximum absolute atomic E-state index is 12.7. The summed E-state index contributed by atoms with van der Waals surface area (Å²) in [5.41, 5.74) is 5.59. The molecule has 3 rings (SSSR count). The summed E-state index contributed by atoms with van der Waals surface area (Å²) in [5.74, 6) is -1.30. The first kappa shape index (κ1) is 16.0. The van der Waals surface area contributed by atoms with E-state index < -0.39 is 22.8 Å². The van der Waals surface area contributed by atoms with Gasteiger partial charge in [-0.3, -0.25) is 24.5 Å². The van der Waals surface area contributed by atoms with E-state index >= 15 is 0 Å². The van der Waals surface area contributed by atoms with Crippen LogP contribution in [0.25, 0.3) is 10.8 Å². The summed E-state index contributed by atoms with van der Waals surface area (Å²) in [6.45, 7) is 2.03. The molecule has 0 fully saturated rings. The highest BCUT2D eigenvalue weighted by Gasteiger charge is 2.36. The minimum Gasteiger partial charge on any atom is -0.330 e. The van der Waals surface area contributed by atoms with Crippen molar-refractivity contribution < 1.29 is 19.3 Å². The maximum Gasteiger partial charge on any atom is 0.285 e. The van der Waals surface area contributed by atoms with E-state index in [2.05, 4.69) is 0 Å². The molecule has 0 aromatic heterocycles. The lowest BCUT2D eigenvalue weighted by molar-refractivity contribution is -0.384. The Bertz CT molecular complexity index is 864. The molecule has 0 saturated heterocycles. The standard InChI is InChI=1S/C16H15N3O5/c1-9(5-6-17)24-18-15(20)12-4-2-3-10-7-11(19(22)23)8-13(14(10)12)16(18)21/h2-4,7-9H,5-6,17H2,1H3. The van der Waals surface area contributed by atoms with Gasteiger partial charge in [-0.25, -0.2) is 0 Å². The molecule has 0 radical (unpaired) electrons. The van der Waals surface area contributed by atoms with Crippen LogP contribution in [0, 0.1) is 10.1 Å². The van der Waals surface area contributed by atoms with E-state index in [1.165, 1.54) is 12.1 Å². The van der Waals surface area contributed by atoms with Crippen molar-refractivity contribution in [3.8, 4) is 0 Å². The molecule has 0 saturated carbocycles. The first-order chi connectivity index (χ1) is 11.4. The van der Waals surface area contributed by atoms with E-state index in [-0.39, 0.29) is 16.8 Å². The Kier molecular flexibility index (Phi) is 4.00. The zero-order valence-corrected chi connectivity index (χ0v) is 12.9. The summed E-state index contributed by atoms with van der Waals surface area (Å²) < 4.78 is 0. The highest BCUT2D eigenvalue weighted by molar-refractivity contribution is 6.25. The van der Waals surface area contributed by atoms with Crippen LogP contribution in [0.15, 0.2) is 30.3 Å². The number of hydroxylamine groups is 2. The van der Waals surface area contributed by atoms with Crippen LogP contribution in [0.5, 0.6) is 0 Å². The Morgan fingerprint density at radius 3 is 2.62 bits per heavy atom. The molecule has 1 unspecified atom stereocenters. The number of non-ortho nitro benzene ring substituents is 1. The van der Waals surface area contributed by atoms with Crippen molar-refractivity contribution in [2.75, 3.05) is 6.54 Å². The number of hydrogen-bond acceptors (Lipinski definition) is 6. The molecule has 1 heterocycles. The molecule has 124 valence electrons. The Balaban J connectivity index is 2.15. The molecule has 2 aromatic rings. The minimum absolute atomic E-state index is 0.0781. The Hall–Kier alpha value is -2.84. The third kappa shape index (κ3) is 2.51. The van der Waals surface area contributed by atoms with Crippen LogP contribution in [0.3, 0.4) is 0 Å². The van der Waals surface area contributed by atoms with Gasteiger partial charge in [0.1, 0.15) is 0 Å². The average molecular weight is 329 g/mol.